The summed E-state index contributed by atoms with van der Waals surface area (Å²) in [6.07, 6.45) is 0. The normalized spacial score (nSPS) is 12.1. The molecule has 6 heterocycles. The molecule has 0 unspecified atom stereocenters. The second-order valence-electron chi connectivity index (χ2n) is 20.6. The number of pyridine rings is 2. The Morgan fingerprint density at radius 1 is 0.231 bits per heavy atom. The fraction of sp³-hybridized carbons (Fsp3) is 0. The second-order valence-corrected chi connectivity index (χ2v) is 20.6. The summed E-state index contributed by atoms with van der Waals surface area (Å²) in [5.74, 6) is 1.67. The van der Waals surface area contributed by atoms with E-state index in [9.17, 15) is 0 Å². The fourth-order valence-electron chi connectivity index (χ4n) is 12.9. The number of nitrogens with zero attached hydrogens (tertiary/aromatic N) is 6. The lowest BCUT2D eigenvalue weighted by Crippen LogP contribution is -2.06. The summed E-state index contributed by atoms with van der Waals surface area (Å²) in [5.41, 5.74) is 14.9. The molecule has 362 valence electrons. The van der Waals surface area contributed by atoms with Crippen molar-refractivity contribution in [2.24, 2.45) is 0 Å². The van der Waals surface area contributed by atoms with Crippen molar-refractivity contribution >= 4 is 109 Å². The average molecular weight is 993 g/mol. The molecule has 0 aliphatic rings. The van der Waals surface area contributed by atoms with Crippen molar-refractivity contribution in [3.8, 4) is 45.5 Å². The van der Waals surface area contributed by atoms with Crippen LogP contribution in [0.25, 0.3) is 154 Å². The van der Waals surface area contributed by atoms with Gasteiger partial charge in [0.1, 0.15) is 11.6 Å². The Morgan fingerprint density at radius 3 is 1.08 bits per heavy atom. The molecule has 17 aromatic rings. The van der Waals surface area contributed by atoms with Crippen LogP contribution in [0, 0.1) is 0 Å². The first-order valence-corrected chi connectivity index (χ1v) is 26.6. The lowest BCUT2D eigenvalue weighted by atomic mass is 10.0. The van der Waals surface area contributed by atoms with E-state index in [1.165, 1.54) is 59.2 Å². The molecule has 0 fully saturated rings. The highest BCUT2D eigenvalue weighted by molar-refractivity contribution is 6.26. The van der Waals surface area contributed by atoms with Crippen LogP contribution < -0.4 is 0 Å². The van der Waals surface area contributed by atoms with Gasteiger partial charge in [0.25, 0.3) is 0 Å². The Balaban J connectivity index is 0.979. The summed E-state index contributed by atoms with van der Waals surface area (Å²) in [5, 5.41) is 14.2. The zero-order chi connectivity index (χ0) is 51.0. The molecule has 0 aliphatic heterocycles. The summed E-state index contributed by atoms with van der Waals surface area (Å²) in [4.78, 5) is 11.2. The highest BCUT2D eigenvalue weighted by Crippen LogP contribution is 2.44. The van der Waals surface area contributed by atoms with E-state index in [1.807, 2.05) is 0 Å². The fourth-order valence-corrected chi connectivity index (χ4v) is 12.9. The highest BCUT2D eigenvalue weighted by Gasteiger charge is 2.25. The minimum atomic E-state index is 0.835. The SMILES string of the molecule is c1ccc2cc(-c3cc(-n4c5ccccc5c5ccc6c(c7ccccc7n6-c6cc(-n7c8ccccc8c8ccccc87)nc(-n7c8ccccc8c8ccccc87)c6)c54)cc(-c4ccc5ccccc5c4)n3)ccc2c1. The van der Waals surface area contributed by atoms with E-state index >= 15 is 0 Å². The summed E-state index contributed by atoms with van der Waals surface area (Å²) in [7, 11) is 0. The van der Waals surface area contributed by atoms with Crippen molar-refractivity contribution in [3.05, 3.63) is 267 Å². The van der Waals surface area contributed by atoms with E-state index in [0.717, 1.165) is 95.0 Å². The summed E-state index contributed by atoms with van der Waals surface area (Å²) < 4.78 is 9.66. The molecule has 0 aliphatic carbocycles. The number of hydrogen-bond acceptors (Lipinski definition) is 2. The van der Waals surface area contributed by atoms with Gasteiger partial charge in [0.05, 0.1) is 66.9 Å². The van der Waals surface area contributed by atoms with Crippen LogP contribution in [0.5, 0.6) is 0 Å². The van der Waals surface area contributed by atoms with Crippen LogP contribution in [0.3, 0.4) is 0 Å². The third-order valence-corrected chi connectivity index (χ3v) is 16.3. The molecular formula is C72H44N6. The highest BCUT2D eigenvalue weighted by atomic mass is 15.1. The maximum Gasteiger partial charge on any atom is 0.142 e. The second kappa shape index (κ2) is 16.5. The molecule has 0 amide bonds. The lowest BCUT2D eigenvalue weighted by Gasteiger charge is -2.16. The Bertz CT molecular complexity index is 5020. The molecule has 0 radical (unpaired) electrons. The first-order valence-electron chi connectivity index (χ1n) is 26.6. The number of aromatic nitrogens is 6. The molecule has 0 bridgehead atoms. The van der Waals surface area contributed by atoms with Gasteiger partial charge in [-0.15, -0.1) is 0 Å². The number of fused-ring (bicyclic) bond motifs is 15. The number of para-hydroxylation sites is 6. The van der Waals surface area contributed by atoms with Crippen molar-refractivity contribution < 1.29 is 0 Å². The Labute approximate surface area is 447 Å². The van der Waals surface area contributed by atoms with Crippen molar-refractivity contribution in [3.63, 3.8) is 0 Å². The molecule has 6 aromatic heterocycles. The smallest absolute Gasteiger partial charge is 0.142 e. The molecule has 6 nitrogen and oxygen atoms in total. The van der Waals surface area contributed by atoms with E-state index in [4.69, 9.17) is 9.97 Å². The molecular weight excluding hydrogens is 949 g/mol. The van der Waals surface area contributed by atoms with E-state index in [1.54, 1.807) is 0 Å². The van der Waals surface area contributed by atoms with Crippen LogP contribution in [0.4, 0.5) is 0 Å². The Hall–Kier alpha value is -10.6. The molecule has 17 rings (SSSR count). The third-order valence-electron chi connectivity index (χ3n) is 16.3. The number of benzene rings is 11. The Morgan fingerprint density at radius 2 is 0.603 bits per heavy atom. The molecule has 11 aromatic carbocycles. The molecule has 0 saturated carbocycles. The van der Waals surface area contributed by atoms with E-state index < -0.39 is 0 Å². The molecule has 6 heteroatoms. The van der Waals surface area contributed by atoms with Gasteiger partial charge in [-0.05, 0) is 88.3 Å². The maximum absolute atomic E-state index is 5.72. The van der Waals surface area contributed by atoms with Gasteiger partial charge >= 0.3 is 0 Å². The number of rotatable bonds is 6. The zero-order valence-corrected chi connectivity index (χ0v) is 42.1. The largest absolute Gasteiger partial charge is 0.309 e. The molecule has 0 spiro atoms. The van der Waals surface area contributed by atoms with Gasteiger partial charge in [-0.1, -0.05) is 188 Å². The lowest BCUT2D eigenvalue weighted by molar-refractivity contribution is 0.997. The standard InChI is InChI=1S/C72H44N6/c1-3-19-47-39-49(35-33-45(47)17-1)60-41-51(42-61(73-60)50-36-34-46-18-2-4-20-48(46)40-50)76-62-27-11-9-25-57(62)58-37-38-68-71(72(58)76)59-26-10-16-32-67(59)75(68)52-43-69(77-63-28-12-5-21-53(63)54-22-6-13-29-64(54)77)74-70(44-52)78-65-30-14-7-23-55(65)56-24-8-15-31-66(56)78/h1-44H. The topological polar surface area (TPSA) is 45.5 Å². The van der Waals surface area contributed by atoms with Crippen LogP contribution in [0.15, 0.2) is 267 Å². The van der Waals surface area contributed by atoms with Crippen LogP contribution in [0.1, 0.15) is 0 Å². The van der Waals surface area contributed by atoms with Gasteiger partial charge in [0, 0.05) is 66.3 Å². The average Bonchev–Trinajstić information content (AvgIpc) is 4.44. The van der Waals surface area contributed by atoms with Gasteiger partial charge in [0.2, 0.25) is 0 Å². The van der Waals surface area contributed by atoms with Gasteiger partial charge in [-0.3, -0.25) is 9.13 Å². The molecule has 0 N–H and O–H groups in total. The zero-order valence-electron chi connectivity index (χ0n) is 42.1. The Kier molecular flexibility index (Phi) is 9.03. The van der Waals surface area contributed by atoms with Gasteiger partial charge < -0.3 is 9.13 Å². The van der Waals surface area contributed by atoms with E-state index in [-0.39, 0.29) is 0 Å². The van der Waals surface area contributed by atoms with Crippen molar-refractivity contribution in [2.45, 2.75) is 0 Å². The molecule has 0 saturated heterocycles. The van der Waals surface area contributed by atoms with Crippen molar-refractivity contribution in [1.82, 2.24) is 28.2 Å². The summed E-state index contributed by atoms with van der Waals surface area (Å²) in [6.45, 7) is 0. The quantitative estimate of drug-likeness (QED) is 0.167. The molecule has 0 atom stereocenters. The van der Waals surface area contributed by atoms with Gasteiger partial charge in [0.15, 0.2) is 0 Å². The first-order chi connectivity index (χ1) is 38.7. The van der Waals surface area contributed by atoms with E-state index in [2.05, 4.69) is 285 Å². The predicted molar refractivity (Wildman–Crippen MR) is 325 cm³/mol. The van der Waals surface area contributed by atoms with Gasteiger partial charge in [-0.25, -0.2) is 9.97 Å². The number of hydrogen-bond donors (Lipinski definition) is 0. The monoisotopic (exact) mass is 992 g/mol. The minimum Gasteiger partial charge on any atom is -0.309 e. The summed E-state index contributed by atoms with van der Waals surface area (Å²) >= 11 is 0. The van der Waals surface area contributed by atoms with Crippen molar-refractivity contribution in [1.29, 1.82) is 0 Å². The molecule has 78 heavy (non-hydrogen) atoms. The predicted octanol–water partition coefficient (Wildman–Crippen LogP) is 18.5. The van der Waals surface area contributed by atoms with Crippen LogP contribution in [-0.2, 0) is 0 Å². The van der Waals surface area contributed by atoms with Crippen LogP contribution >= 0.6 is 0 Å². The minimum absolute atomic E-state index is 0.835. The van der Waals surface area contributed by atoms with Crippen LogP contribution in [-0.4, -0.2) is 28.2 Å². The van der Waals surface area contributed by atoms with Gasteiger partial charge in [-0.2, -0.15) is 0 Å². The first kappa shape index (κ1) is 42.8. The van der Waals surface area contributed by atoms with Crippen LogP contribution in [0.2, 0.25) is 0 Å². The van der Waals surface area contributed by atoms with E-state index in [0.29, 0.717) is 0 Å². The van der Waals surface area contributed by atoms with Crippen molar-refractivity contribution in [2.75, 3.05) is 0 Å². The third kappa shape index (κ3) is 6.25. The summed E-state index contributed by atoms with van der Waals surface area (Å²) in [6, 6.07) is 97.0. The maximum atomic E-state index is 5.72.